The number of halogens is 2. The molecule has 0 saturated carbocycles. The van der Waals surface area contributed by atoms with Crippen LogP contribution in [0, 0.1) is 30.4 Å². The number of carbonyl (C=O) groups excluding carboxylic acids is 1. The Labute approximate surface area is 194 Å². The zero-order valence-electron chi connectivity index (χ0n) is 19.3. The van der Waals surface area contributed by atoms with Crippen LogP contribution in [0.3, 0.4) is 0 Å². The van der Waals surface area contributed by atoms with Gasteiger partial charge >= 0.3 is 0 Å². The number of fused-ring (bicyclic) bond motifs is 4. The maximum atomic E-state index is 15.2. The van der Waals surface area contributed by atoms with Crippen LogP contribution in [0.25, 0.3) is 22.1 Å². The summed E-state index contributed by atoms with van der Waals surface area (Å²) in [5.74, 6) is 4.79. The quantitative estimate of drug-likeness (QED) is 0.438. The van der Waals surface area contributed by atoms with Gasteiger partial charge in [-0.2, -0.15) is 0 Å². The van der Waals surface area contributed by atoms with Crippen molar-refractivity contribution in [2.24, 2.45) is 7.05 Å². The molecule has 0 spiro atoms. The van der Waals surface area contributed by atoms with Crippen LogP contribution in [-0.4, -0.2) is 40.9 Å². The molecule has 8 nitrogen and oxygen atoms in total. The van der Waals surface area contributed by atoms with Gasteiger partial charge in [0.25, 0.3) is 0 Å². The van der Waals surface area contributed by atoms with E-state index < -0.39 is 11.6 Å². The first-order valence-corrected chi connectivity index (χ1v) is 11.0. The Morgan fingerprint density at radius 3 is 2.74 bits per heavy atom. The summed E-state index contributed by atoms with van der Waals surface area (Å²) >= 11 is 0. The highest BCUT2D eigenvalue weighted by Crippen LogP contribution is 2.33. The summed E-state index contributed by atoms with van der Waals surface area (Å²) in [4.78, 5) is 27.0. The lowest BCUT2D eigenvalue weighted by Crippen LogP contribution is -2.44. The highest BCUT2D eigenvalue weighted by atomic mass is 19.1. The maximum Gasteiger partial charge on any atom is 0.222 e. The second-order valence-corrected chi connectivity index (χ2v) is 8.50. The van der Waals surface area contributed by atoms with E-state index in [0.717, 1.165) is 0 Å². The lowest BCUT2D eigenvalue weighted by Gasteiger charge is -2.35. The van der Waals surface area contributed by atoms with Crippen molar-refractivity contribution in [3.8, 4) is 11.8 Å². The zero-order valence-corrected chi connectivity index (χ0v) is 19.3. The van der Waals surface area contributed by atoms with E-state index in [4.69, 9.17) is 5.73 Å². The molecule has 4 heterocycles. The summed E-state index contributed by atoms with van der Waals surface area (Å²) in [5, 5.41) is 0.513. The molecule has 0 radical (unpaired) electrons. The molecule has 0 bridgehead atoms. The van der Waals surface area contributed by atoms with Gasteiger partial charge in [0.1, 0.15) is 35.0 Å². The van der Waals surface area contributed by atoms with E-state index >= 15 is 4.39 Å². The first kappa shape index (κ1) is 21.8. The normalized spacial score (nSPS) is 15.5. The number of nitrogen functional groups attached to an aromatic ring is 1. The fourth-order valence-corrected chi connectivity index (χ4v) is 4.56. The smallest absolute Gasteiger partial charge is 0.222 e. The molecule has 1 atom stereocenters. The van der Waals surface area contributed by atoms with Gasteiger partial charge in [0, 0.05) is 32.1 Å². The van der Waals surface area contributed by atoms with Crippen molar-refractivity contribution in [1.82, 2.24) is 29.0 Å². The number of nitrogens with two attached hydrogens (primary N) is 1. The van der Waals surface area contributed by atoms with Gasteiger partial charge in [0.2, 0.25) is 5.91 Å². The number of imidazole rings is 1. The van der Waals surface area contributed by atoms with Crippen molar-refractivity contribution in [2.45, 2.75) is 46.3 Å². The summed E-state index contributed by atoms with van der Waals surface area (Å²) in [6.45, 7) is 6.28. The van der Waals surface area contributed by atoms with Crippen molar-refractivity contribution in [3.05, 3.63) is 46.7 Å². The SMILES string of the molecule is CCC(=O)N1Cc2c(C#Cc3c(F)cc4c(nc(C)n4C)c3F)c3c(N)ncnc3n2CC1C. The van der Waals surface area contributed by atoms with E-state index in [-0.39, 0.29) is 35.4 Å². The predicted octanol–water partition coefficient (Wildman–Crippen LogP) is 3.03. The van der Waals surface area contributed by atoms with E-state index in [0.29, 0.717) is 46.6 Å². The fourth-order valence-electron chi connectivity index (χ4n) is 4.56. The van der Waals surface area contributed by atoms with Gasteiger partial charge in [-0.05, 0) is 13.8 Å². The molecule has 5 rings (SSSR count). The van der Waals surface area contributed by atoms with Gasteiger partial charge in [0.15, 0.2) is 5.82 Å². The summed E-state index contributed by atoms with van der Waals surface area (Å²) < 4.78 is 33.7. The van der Waals surface area contributed by atoms with Crippen LogP contribution in [-0.2, 0) is 24.9 Å². The van der Waals surface area contributed by atoms with Gasteiger partial charge in [-0.15, -0.1) is 0 Å². The minimum atomic E-state index is -0.816. The number of nitrogens with zero attached hydrogens (tertiary/aromatic N) is 6. The van der Waals surface area contributed by atoms with Crippen LogP contribution in [0.1, 0.15) is 42.9 Å². The van der Waals surface area contributed by atoms with E-state index in [9.17, 15) is 9.18 Å². The molecule has 0 saturated heterocycles. The third kappa shape index (κ3) is 3.11. The second kappa shape index (κ2) is 7.80. The van der Waals surface area contributed by atoms with Crippen LogP contribution in [0.2, 0.25) is 0 Å². The number of benzene rings is 1. The number of anilines is 1. The number of hydrogen-bond acceptors (Lipinski definition) is 5. The molecule has 1 aliphatic heterocycles. The van der Waals surface area contributed by atoms with Gasteiger partial charge in [0.05, 0.1) is 34.3 Å². The first-order chi connectivity index (χ1) is 16.2. The molecule has 2 N–H and O–H groups in total. The zero-order chi connectivity index (χ0) is 24.3. The molecular weight excluding hydrogens is 440 g/mol. The van der Waals surface area contributed by atoms with Crippen molar-refractivity contribution in [3.63, 3.8) is 0 Å². The average molecular weight is 463 g/mol. The average Bonchev–Trinajstić information content (AvgIpc) is 3.27. The van der Waals surface area contributed by atoms with Crippen LogP contribution in [0.5, 0.6) is 0 Å². The Kier molecular flexibility index (Phi) is 5.01. The molecule has 174 valence electrons. The Balaban J connectivity index is 1.73. The standard InChI is InChI=1S/C24H23F2N7O/c1-5-19(34)32-10-18-15(20-23(27)28-11-29-24(20)33(18)9-12(32)2)7-6-14-16(25)8-17-22(21(14)26)30-13(3)31(17)4/h8,11-12H,5,9-10H2,1-4H3,(H2,27,28,29). The van der Waals surface area contributed by atoms with Gasteiger partial charge in [-0.25, -0.2) is 23.7 Å². The Morgan fingerprint density at radius 2 is 2.00 bits per heavy atom. The first-order valence-electron chi connectivity index (χ1n) is 11.0. The highest BCUT2D eigenvalue weighted by molar-refractivity contribution is 5.94. The Bertz CT molecular complexity index is 1560. The predicted molar refractivity (Wildman–Crippen MR) is 124 cm³/mol. The van der Waals surface area contributed by atoms with Crippen molar-refractivity contribution >= 4 is 33.8 Å². The minimum Gasteiger partial charge on any atom is -0.383 e. The molecule has 34 heavy (non-hydrogen) atoms. The largest absolute Gasteiger partial charge is 0.383 e. The molecule has 1 aromatic carbocycles. The van der Waals surface area contributed by atoms with Gasteiger partial charge in [-0.1, -0.05) is 18.8 Å². The van der Waals surface area contributed by atoms with Crippen LogP contribution < -0.4 is 5.73 Å². The topological polar surface area (TPSA) is 94.9 Å². The highest BCUT2D eigenvalue weighted by Gasteiger charge is 2.31. The Morgan fingerprint density at radius 1 is 1.26 bits per heavy atom. The molecule has 1 amide bonds. The number of rotatable bonds is 1. The van der Waals surface area contributed by atoms with E-state index in [1.54, 1.807) is 23.4 Å². The molecular formula is C24H23F2N7O. The number of hydrogen-bond donors (Lipinski definition) is 1. The monoisotopic (exact) mass is 463 g/mol. The molecule has 3 aromatic heterocycles. The van der Waals surface area contributed by atoms with Crippen molar-refractivity contribution < 1.29 is 13.6 Å². The van der Waals surface area contributed by atoms with Gasteiger partial charge in [-0.3, -0.25) is 4.79 Å². The lowest BCUT2D eigenvalue weighted by molar-refractivity contribution is -0.134. The van der Waals surface area contributed by atoms with Crippen LogP contribution >= 0.6 is 0 Å². The number of amides is 1. The summed E-state index contributed by atoms with van der Waals surface area (Å²) in [7, 11) is 1.70. The van der Waals surface area contributed by atoms with Crippen LogP contribution in [0.4, 0.5) is 14.6 Å². The molecule has 0 fully saturated rings. The molecule has 10 heteroatoms. The molecule has 1 aliphatic rings. The number of carbonyl (C=O) groups is 1. The molecule has 1 unspecified atom stereocenters. The molecule has 4 aromatic rings. The third-order valence-corrected chi connectivity index (χ3v) is 6.50. The maximum absolute atomic E-state index is 15.2. The number of aryl methyl sites for hydroxylation is 2. The summed E-state index contributed by atoms with van der Waals surface area (Å²) in [6.07, 6.45) is 1.74. The lowest BCUT2D eigenvalue weighted by atomic mass is 10.1. The van der Waals surface area contributed by atoms with E-state index in [2.05, 4.69) is 26.8 Å². The third-order valence-electron chi connectivity index (χ3n) is 6.50. The van der Waals surface area contributed by atoms with Gasteiger partial charge < -0.3 is 19.8 Å². The number of aromatic nitrogens is 5. The fraction of sp³-hybridized carbons (Fsp3) is 0.333. The van der Waals surface area contributed by atoms with Crippen molar-refractivity contribution in [2.75, 3.05) is 5.73 Å². The van der Waals surface area contributed by atoms with Crippen LogP contribution in [0.15, 0.2) is 12.4 Å². The van der Waals surface area contributed by atoms with Crippen molar-refractivity contribution in [1.29, 1.82) is 0 Å². The van der Waals surface area contributed by atoms with E-state index in [1.807, 2.05) is 18.4 Å². The summed E-state index contributed by atoms with van der Waals surface area (Å²) in [6, 6.07) is 1.17. The van der Waals surface area contributed by atoms with E-state index in [1.165, 1.54) is 12.4 Å². The summed E-state index contributed by atoms with van der Waals surface area (Å²) in [5.41, 5.74) is 7.97. The molecule has 0 aliphatic carbocycles. The minimum absolute atomic E-state index is 0.00929. The second-order valence-electron chi connectivity index (χ2n) is 8.50. The Hall–Kier alpha value is -4.00.